The van der Waals surface area contributed by atoms with E-state index in [0.717, 1.165) is 5.69 Å². The van der Waals surface area contributed by atoms with Crippen LogP contribution < -0.4 is 0 Å². The molecule has 1 aliphatic rings. The predicted octanol–water partition coefficient (Wildman–Crippen LogP) is 1.89. The normalized spacial score (nSPS) is 23.2. The van der Waals surface area contributed by atoms with E-state index in [1.807, 2.05) is 27.7 Å². The second-order valence-corrected chi connectivity index (χ2v) is 7.01. The third kappa shape index (κ3) is 3.74. The lowest BCUT2D eigenvalue weighted by atomic mass is 10.0. The Bertz CT molecular complexity index is 526. The number of aliphatic hydroxyl groups is 1. The molecule has 1 aromatic heterocycles. The van der Waals surface area contributed by atoms with Gasteiger partial charge in [0.05, 0.1) is 24.4 Å². The number of hydrogen-bond donors (Lipinski definition) is 1. The Morgan fingerprint density at radius 1 is 1.48 bits per heavy atom. The molecule has 0 aliphatic carbocycles. The zero-order chi connectivity index (χ0) is 15.8. The van der Waals surface area contributed by atoms with Gasteiger partial charge in [-0.25, -0.2) is 9.48 Å². The van der Waals surface area contributed by atoms with Crippen molar-refractivity contribution < 1.29 is 14.6 Å². The predicted molar refractivity (Wildman–Crippen MR) is 79.9 cm³/mol. The smallest absolute Gasteiger partial charge is 0.410 e. The van der Waals surface area contributed by atoms with E-state index in [9.17, 15) is 9.90 Å². The molecule has 1 aliphatic heterocycles. The molecule has 7 nitrogen and oxygen atoms in total. The maximum Gasteiger partial charge on any atom is 0.410 e. The third-order valence-corrected chi connectivity index (χ3v) is 4.12. The average molecular weight is 361 g/mol. The van der Waals surface area contributed by atoms with Crippen LogP contribution in [0.4, 0.5) is 4.79 Å². The van der Waals surface area contributed by atoms with Gasteiger partial charge in [0.1, 0.15) is 5.60 Å². The van der Waals surface area contributed by atoms with Crippen LogP contribution >= 0.6 is 15.9 Å². The molecule has 2 atom stereocenters. The minimum absolute atomic E-state index is 0.178. The van der Waals surface area contributed by atoms with Gasteiger partial charge in [-0.3, -0.25) is 0 Å². The highest BCUT2D eigenvalue weighted by Gasteiger charge is 2.34. The number of aromatic nitrogens is 3. The SMILES string of the molecule is Cc1c(Br)nnn1[C@H]1CCN(C(=O)OC(C)(C)C)C[C@H]1O. The molecule has 0 saturated carbocycles. The van der Waals surface area contributed by atoms with Crippen molar-refractivity contribution in [2.24, 2.45) is 0 Å². The van der Waals surface area contributed by atoms with Crippen LogP contribution in [0.5, 0.6) is 0 Å². The Kier molecular flexibility index (Phi) is 4.57. The van der Waals surface area contributed by atoms with Crippen molar-refractivity contribution in [3.63, 3.8) is 0 Å². The second kappa shape index (κ2) is 5.92. The van der Waals surface area contributed by atoms with E-state index in [-0.39, 0.29) is 12.6 Å². The summed E-state index contributed by atoms with van der Waals surface area (Å²) in [5.74, 6) is 0. The van der Waals surface area contributed by atoms with Crippen LogP contribution in [0.1, 0.15) is 38.9 Å². The Hall–Kier alpha value is -1.15. The highest BCUT2D eigenvalue weighted by atomic mass is 79.9. The first-order valence-electron chi connectivity index (χ1n) is 6.92. The van der Waals surface area contributed by atoms with Crippen molar-refractivity contribution in [1.82, 2.24) is 19.9 Å². The van der Waals surface area contributed by atoms with Crippen LogP contribution in [0.3, 0.4) is 0 Å². The molecule has 118 valence electrons. The Labute approximate surface area is 132 Å². The van der Waals surface area contributed by atoms with E-state index in [4.69, 9.17) is 4.74 Å². The number of β-amino-alcohol motifs (C(OH)–C–C–N with tert-alkyl or cyclic N) is 1. The summed E-state index contributed by atoms with van der Waals surface area (Å²) in [5, 5.41) is 18.3. The van der Waals surface area contributed by atoms with E-state index >= 15 is 0 Å². The molecule has 0 spiro atoms. The molecule has 0 unspecified atom stereocenters. The number of amides is 1. The number of likely N-dealkylation sites (tertiary alicyclic amines) is 1. The fourth-order valence-electron chi connectivity index (χ4n) is 2.33. The lowest BCUT2D eigenvalue weighted by Crippen LogP contribution is -2.49. The average Bonchev–Trinajstić information content (AvgIpc) is 2.68. The standard InChI is InChI=1S/C13H21BrN4O3/c1-8-11(14)15-16-18(8)9-5-6-17(7-10(9)19)12(20)21-13(2,3)4/h9-10,19H,5-7H2,1-4H3/t9-,10+/m0/s1. The number of piperidine rings is 1. The van der Waals surface area contributed by atoms with Crippen molar-refractivity contribution in [1.29, 1.82) is 0 Å². The summed E-state index contributed by atoms with van der Waals surface area (Å²) in [7, 11) is 0. The monoisotopic (exact) mass is 360 g/mol. The number of halogens is 1. The maximum absolute atomic E-state index is 12.0. The van der Waals surface area contributed by atoms with E-state index < -0.39 is 17.8 Å². The summed E-state index contributed by atoms with van der Waals surface area (Å²) < 4.78 is 7.71. The highest BCUT2D eigenvalue weighted by Crippen LogP contribution is 2.26. The Morgan fingerprint density at radius 3 is 2.62 bits per heavy atom. The number of ether oxygens (including phenoxy) is 1. The first-order valence-corrected chi connectivity index (χ1v) is 7.71. The minimum atomic E-state index is -0.696. The van der Waals surface area contributed by atoms with E-state index in [0.29, 0.717) is 17.6 Å². The molecular formula is C13H21BrN4O3. The van der Waals surface area contributed by atoms with Crippen molar-refractivity contribution in [2.75, 3.05) is 13.1 Å². The molecule has 0 aromatic carbocycles. The highest BCUT2D eigenvalue weighted by molar-refractivity contribution is 9.10. The summed E-state index contributed by atoms with van der Waals surface area (Å²) in [6.45, 7) is 8.11. The van der Waals surface area contributed by atoms with Crippen molar-refractivity contribution in [2.45, 2.75) is 51.9 Å². The van der Waals surface area contributed by atoms with Crippen LogP contribution in [-0.2, 0) is 4.74 Å². The van der Waals surface area contributed by atoms with Crippen molar-refractivity contribution >= 4 is 22.0 Å². The number of hydrogen-bond acceptors (Lipinski definition) is 5. The molecule has 21 heavy (non-hydrogen) atoms. The van der Waals surface area contributed by atoms with Gasteiger partial charge >= 0.3 is 6.09 Å². The first kappa shape index (κ1) is 16.2. The van der Waals surface area contributed by atoms with Gasteiger partial charge in [0, 0.05) is 6.54 Å². The molecule has 2 heterocycles. The summed E-state index contributed by atoms with van der Waals surface area (Å²) >= 11 is 3.31. The minimum Gasteiger partial charge on any atom is -0.444 e. The van der Waals surface area contributed by atoms with Crippen LogP contribution in [-0.4, -0.2) is 55.9 Å². The lowest BCUT2D eigenvalue weighted by molar-refractivity contribution is -0.0123. The topological polar surface area (TPSA) is 80.5 Å². The van der Waals surface area contributed by atoms with Crippen molar-refractivity contribution in [3.05, 3.63) is 10.3 Å². The van der Waals surface area contributed by atoms with Gasteiger partial charge in [-0.1, -0.05) is 5.21 Å². The number of aliphatic hydroxyl groups excluding tert-OH is 1. The fraction of sp³-hybridized carbons (Fsp3) is 0.769. The third-order valence-electron chi connectivity index (χ3n) is 3.38. The van der Waals surface area contributed by atoms with E-state index in [1.165, 1.54) is 4.90 Å². The molecule has 0 radical (unpaired) electrons. The molecule has 1 fully saturated rings. The Balaban J connectivity index is 2.02. The molecule has 0 bridgehead atoms. The molecule has 1 aromatic rings. The quantitative estimate of drug-likeness (QED) is 0.826. The van der Waals surface area contributed by atoms with Gasteiger partial charge in [0.15, 0.2) is 4.60 Å². The molecule has 8 heteroatoms. The number of carbonyl (C=O) groups excluding carboxylic acids is 1. The summed E-state index contributed by atoms with van der Waals surface area (Å²) in [6.07, 6.45) is -0.480. The first-order chi connectivity index (χ1) is 9.69. The van der Waals surface area contributed by atoms with E-state index in [1.54, 1.807) is 4.68 Å². The van der Waals surface area contributed by atoms with Crippen LogP contribution in [0, 0.1) is 6.92 Å². The molecule has 1 amide bonds. The zero-order valence-electron chi connectivity index (χ0n) is 12.7. The van der Waals surface area contributed by atoms with Crippen molar-refractivity contribution in [3.8, 4) is 0 Å². The number of rotatable bonds is 1. The van der Waals surface area contributed by atoms with Gasteiger partial charge < -0.3 is 14.7 Å². The second-order valence-electron chi connectivity index (χ2n) is 6.26. The molecule has 1 N–H and O–H groups in total. The molecular weight excluding hydrogens is 340 g/mol. The van der Waals surface area contributed by atoms with Crippen LogP contribution in [0.15, 0.2) is 4.60 Å². The molecule has 1 saturated heterocycles. The maximum atomic E-state index is 12.0. The van der Waals surface area contributed by atoms with E-state index in [2.05, 4.69) is 26.2 Å². The van der Waals surface area contributed by atoms with Crippen LogP contribution in [0.2, 0.25) is 0 Å². The van der Waals surface area contributed by atoms with Crippen LogP contribution in [0.25, 0.3) is 0 Å². The lowest BCUT2D eigenvalue weighted by Gasteiger charge is -2.36. The van der Waals surface area contributed by atoms with Gasteiger partial charge in [-0.05, 0) is 50.0 Å². The fourth-order valence-corrected chi connectivity index (χ4v) is 2.59. The Morgan fingerprint density at radius 2 is 2.14 bits per heavy atom. The number of nitrogens with zero attached hydrogens (tertiary/aromatic N) is 4. The summed E-state index contributed by atoms with van der Waals surface area (Å²) in [5.41, 5.74) is 0.330. The van der Waals surface area contributed by atoms with Gasteiger partial charge in [-0.2, -0.15) is 0 Å². The van der Waals surface area contributed by atoms with Gasteiger partial charge in [0.2, 0.25) is 0 Å². The van der Waals surface area contributed by atoms with Gasteiger partial charge in [0.25, 0.3) is 0 Å². The summed E-state index contributed by atoms with van der Waals surface area (Å²) in [4.78, 5) is 13.6. The van der Waals surface area contributed by atoms with Gasteiger partial charge in [-0.15, -0.1) is 5.10 Å². The molecule has 2 rings (SSSR count). The summed E-state index contributed by atoms with van der Waals surface area (Å²) in [6, 6.07) is -0.178. The number of carbonyl (C=O) groups is 1. The largest absolute Gasteiger partial charge is 0.444 e. The zero-order valence-corrected chi connectivity index (χ0v) is 14.3.